The Kier molecular flexibility index (Phi) is 5.68. The van der Waals surface area contributed by atoms with Gasteiger partial charge in [-0.3, -0.25) is 15.1 Å². The van der Waals surface area contributed by atoms with Crippen molar-refractivity contribution in [2.75, 3.05) is 11.9 Å². The number of benzene rings is 1. The van der Waals surface area contributed by atoms with Crippen molar-refractivity contribution in [2.45, 2.75) is 6.42 Å². The first-order valence-electron chi connectivity index (χ1n) is 8.20. The first-order chi connectivity index (χ1) is 13.0. The second kappa shape index (κ2) is 8.33. The monoisotopic (exact) mass is 382 g/mol. The topological polar surface area (TPSA) is 117 Å². The number of carbonyl (C=O) groups is 2. The predicted molar refractivity (Wildman–Crippen MR) is 105 cm³/mol. The molecule has 5 N–H and O–H groups in total. The molecule has 8 heteroatoms. The van der Waals surface area contributed by atoms with Crippen molar-refractivity contribution in [3.05, 3.63) is 66.0 Å². The van der Waals surface area contributed by atoms with Gasteiger partial charge in [0.1, 0.15) is 10.8 Å². The number of hydrogen-bond acceptors (Lipinski definition) is 5. The number of amides is 3. The summed E-state index contributed by atoms with van der Waals surface area (Å²) in [7, 11) is 0. The smallest absolute Gasteiger partial charge is 0.317 e. The van der Waals surface area contributed by atoms with Crippen LogP contribution >= 0.6 is 11.3 Å². The number of nitrogens with zero attached hydrogens (tertiary/aromatic N) is 1. The van der Waals surface area contributed by atoms with Crippen LogP contribution in [0.3, 0.4) is 0 Å². The number of nitrogens with one attached hydrogen (secondary N) is 2. The minimum absolute atomic E-state index is 0.152. The number of rotatable bonds is 6. The van der Waals surface area contributed by atoms with Gasteiger partial charge < -0.3 is 16.2 Å². The number of nitrogens with two attached hydrogens (primary N) is 1. The van der Waals surface area contributed by atoms with Crippen LogP contribution in [0.2, 0.25) is 0 Å². The van der Waals surface area contributed by atoms with Gasteiger partial charge in [0.2, 0.25) is 0 Å². The molecular formula is C19H18N4O3S. The van der Waals surface area contributed by atoms with E-state index in [0.29, 0.717) is 23.5 Å². The van der Waals surface area contributed by atoms with E-state index in [9.17, 15) is 14.7 Å². The van der Waals surface area contributed by atoms with E-state index in [1.54, 1.807) is 42.7 Å². The van der Waals surface area contributed by atoms with Gasteiger partial charge in [-0.1, -0.05) is 6.07 Å². The molecule has 3 amide bonds. The normalized spacial score (nSPS) is 10.4. The Bertz CT molecular complexity index is 939. The molecule has 3 rings (SSSR count). The van der Waals surface area contributed by atoms with Crippen LogP contribution in [0.5, 0.6) is 5.75 Å². The first-order valence-corrected chi connectivity index (χ1v) is 9.01. The van der Waals surface area contributed by atoms with Gasteiger partial charge in [0.25, 0.3) is 5.91 Å². The molecule has 138 valence electrons. The Morgan fingerprint density at radius 3 is 2.63 bits per heavy atom. The average molecular weight is 382 g/mol. The highest BCUT2D eigenvalue weighted by molar-refractivity contribution is 7.20. The minimum Gasteiger partial charge on any atom is -0.508 e. The highest BCUT2D eigenvalue weighted by Gasteiger charge is 2.18. The molecule has 0 bridgehead atoms. The zero-order chi connectivity index (χ0) is 19.2. The maximum Gasteiger partial charge on any atom is 0.317 e. The number of carbonyl (C=O) groups excluding carboxylic acids is 2. The summed E-state index contributed by atoms with van der Waals surface area (Å²) in [6.45, 7) is 0.435. The Balaban J connectivity index is 1.76. The van der Waals surface area contributed by atoms with Crippen LogP contribution in [0.15, 0.2) is 54.9 Å². The molecule has 0 aliphatic carbocycles. The second-order valence-corrected chi connectivity index (χ2v) is 6.81. The van der Waals surface area contributed by atoms with Crippen molar-refractivity contribution in [1.82, 2.24) is 10.3 Å². The third kappa shape index (κ3) is 4.83. The summed E-state index contributed by atoms with van der Waals surface area (Å²) >= 11 is 1.24. The third-order valence-corrected chi connectivity index (χ3v) is 4.89. The standard InChI is InChI=1S/C19H18N4O3S/c20-19(26)23-18-15(10-16(27-18)13-3-5-14(24)6-4-13)17(25)22-9-7-12-2-1-8-21-11-12/h1-6,8,10-11,24H,7,9H2,(H,22,25)(H3,20,23,26). The summed E-state index contributed by atoms with van der Waals surface area (Å²) in [4.78, 5) is 28.7. The van der Waals surface area contributed by atoms with Crippen LogP contribution in [-0.4, -0.2) is 28.6 Å². The van der Waals surface area contributed by atoms with E-state index in [1.165, 1.54) is 11.3 Å². The summed E-state index contributed by atoms with van der Waals surface area (Å²) in [6.07, 6.45) is 4.09. The van der Waals surface area contributed by atoms with Gasteiger partial charge in [-0.25, -0.2) is 4.79 Å². The fraction of sp³-hybridized carbons (Fsp3) is 0.105. The van der Waals surface area contributed by atoms with Crippen molar-refractivity contribution in [3.63, 3.8) is 0 Å². The van der Waals surface area contributed by atoms with Gasteiger partial charge in [0, 0.05) is 23.8 Å². The van der Waals surface area contributed by atoms with Crippen LogP contribution in [-0.2, 0) is 6.42 Å². The molecule has 0 radical (unpaired) electrons. The molecule has 1 aromatic carbocycles. The van der Waals surface area contributed by atoms with Gasteiger partial charge in [-0.15, -0.1) is 11.3 Å². The lowest BCUT2D eigenvalue weighted by Crippen LogP contribution is -2.27. The number of hydrogen-bond donors (Lipinski definition) is 4. The summed E-state index contributed by atoms with van der Waals surface area (Å²) in [6, 6.07) is 11.3. The number of aromatic nitrogens is 1. The van der Waals surface area contributed by atoms with Crippen LogP contribution in [0, 0.1) is 0 Å². The fourth-order valence-corrected chi connectivity index (χ4v) is 3.56. The number of primary amides is 1. The molecule has 0 saturated carbocycles. The second-order valence-electron chi connectivity index (χ2n) is 5.76. The lowest BCUT2D eigenvalue weighted by Gasteiger charge is -2.06. The molecule has 0 fully saturated rings. The Hall–Kier alpha value is -3.39. The molecule has 27 heavy (non-hydrogen) atoms. The minimum atomic E-state index is -0.737. The Morgan fingerprint density at radius 2 is 1.96 bits per heavy atom. The van der Waals surface area contributed by atoms with E-state index >= 15 is 0 Å². The molecule has 7 nitrogen and oxygen atoms in total. The molecule has 0 unspecified atom stereocenters. The molecule has 0 saturated heterocycles. The number of aromatic hydroxyl groups is 1. The molecule has 0 aliphatic rings. The quantitative estimate of drug-likeness (QED) is 0.524. The van der Waals surface area contributed by atoms with E-state index in [1.807, 2.05) is 12.1 Å². The molecular weight excluding hydrogens is 364 g/mol. The van der Waals surface area contributed by atoms with E-state index < -0.39 is 6.03 Å². The van der Waals surface area contributed by atoms with Crippen molar-refractivity contribution in [1.29, 1.82) is 0 Å². The van der Waals surface area contributed by atoms with Crippen LogP contribution in [0.1, 0.15) is 15.9 Å². The van der Waals surface area contributed by atoms with E-state index in [-0.39, 0.29) is 11.7 Å². The Morgan fingerprint density at radius 1 is 1.19 bits per heavy atom. The van der Waals surface area contributed by atoms with Crippen molar-refractivity contribution >= 4 is 28.3 Å². The maximum atomic E-state index is 12.6. The van der Waals surface area contributed by atoms with E-state index in [4.69, 9.17) is 5.73 Å². The average Bonchev–Trinajstić information content (AvgIpc) is 3.06. The number of anilines is 1. The van der Waals surface area contributed by atoms with Crippen molar-refractivity contribution < 1.29 is 14.7 Å². The third-order valence-electron chi connectivity index (χ3n) is 3.79. The molecule has 0 spiro atoms. The lowest BCUT2D eigenvalue weighted by atomic mass is 10.1. The van der Waals surface area contributed by atoms with Gasteiger partial charge in [0.05, 0.1) is 5.56 Å². The summed E-state index contributed by atoms with van der Waals surface area (Å²) in [5.74, 6) is -0.150. The highest BCUT2D eigenvalue weighted by atomic mass is 32.1. The van der Waals surface area contributed by atoms with E-state index in [2.05, 4.69) is 15.6 Å². The number of urea groups is 1. The SMILES string of the molecule is NC(=O)Nc1sc(-c2ccc(O)cc2)cc1C(=O)NCCc1cccnc1. The Labute approximate surface area is 159 Å². The van der Waals surface area contributed by atoms with Crippen LogP contribution in [0.4, 0.5) is 9.80 Å². The predicted octanol–water partition coefficient (Wildman–Crippen LogP) is 2.98. The zero-order valence-electron chi connectivity index (χ0n) is 14.3. The van der Waals surface area contributed by atoms with E-state index in [0.717, 1.165) is 16.0 Å². The number of phenols is 1. The zero-order valence-corrected chi connectivity index (χ0v) is 15.1. The number of pyridine rings is 1. The van der Waals surface area contributed by atoms with Crippen LogP contribution < -0.4 is 16.4 Å². The first kappa shape index (κ1) is 18.4. The van der Waals surface area contributed by atoms with Gasteiger partial charge in [-0.05, 0) is 53.9 Å². The fourth-order valence-electron chi connectivity index (χ4n) is 2.49. The van der Waals surface area contributed by atoms with Crippen molar-refractivity contribution in [2.24, 2.45) is 5.73 Å². The van der Waals surface area contributed by atoms with Crippen molar-refractivity contribution in [3.8, 4) is 16.2 Å². The number of thiophene rings is 1. The summed E-state index contributed by atoms with van der Waals surface area (Å²) in [5.41, 5.74) is 7.40. The molecule has 2 heterocycles. The largest absolute Gasteiger partial charge is 0.508 e. The molecule has 0 atom stereocenters. The van der Waals surface area contributed by atoms with Gasteiger partial charge >= 0.3 is 6.03 Å². The van der Waals surface area contributed by atoms with Crippen LogP contribution in [0.25, 0.3) is 10.4 Å². The van der Waals surface area contributed by atoms with Gasteiger partial charge in [-0.2, -0.15) is 0 Å². The highest BCUT2D eigenvalue weighted by Crippen LogP contribution is 2.36. The summed E-state index contributed by atoms with van der Waals surface area (Å²) < 4.78 is 0. The molecule has 3 aromatic rings. The molecule has 2 aromatic heterocycles. The lowest BCUT2D eigenvalue weighted by molar-refractivity contribution is 0.0955. The summed E-state index contributed by atoms with van der Waals surface area (Å²) in [5, 5.41) is 15.1. The maximum absolute atomic E-state index is 12.6. The number of phenolic OH excluding ortho intramolecular Hbond substituents is 1. The molecule has 0 aliphatic heterocycles. The van der Waals surface area contributed by atoms with Gasteiger partial charge in [0.15, 0.2) is 0 Å².